The monoisotopic (exact) mass is 429 g/mol. The molecule has 2 aliphatic rings. The minimum Gasteiger partial charge on any atom is -0.356 e. The Morgan fingerprint density at radius 3 is 2.59 bits per heavy atom. The largest absolute Gasteiger partial charge is 0.356 e. The second kappa shape index (κ2) is 9.15. The summed E-state index contributed by atoms with van der Waals surface area (Å²) in [4.78, 5) is 22.1. The Balaban J connectivity index is 1.23. The SMILES string of the molecule is Cc1ccccc1-c1cn[nH]c1C1CCN(C(=O)C2CCCN(c3ccccn3)C2)CC1. The molecule has 4 heterocycles. The molecule has 0 aliphatic carbocycles. The number of aromatic amines is 1. The zero-order valence-electron chi connectivity index (χ0n) is 18.7. The summed E-state index contributed by atoms with van der Waals surface area (Å²) in [6.45, 7) is 5.52. The van der Waals surface area contributed by atoms with Gasteiger partial charge in [0.15, 0.2) is 0 Å². The molecule has 1 unspecified atom stereocenters. The lowest BCUT2D eigenvalue weighted by Crippen LogP contribution is -2.47. The number of rotatable bonds is 4. The summed E-state index contributed by atoms with van der Waals surface area (Å²) in [6, 6.07) is 14.4. The molecule has 1 atom stereocenters. The summed E-state index contributed by atoms with van der Waals surface area (Å²) < 4.78 is 0. The molecule has 1 N–H and O–H groups in total. The number of likely N-dealkylation sites (tertiary alicyclic amines) is 1. The highest BCUT2D eigenvalue weighted by atomic mass is 16.2. The molecule has 6 heteroatoms. The van der Waals surface area contributed by atoms with E-state index in [2.05, 4.69) is 56.2 Å². The Bertz CT molecular complexity index is 1050. The van der Waals surface area contributed by atoms with Gasteiger partial charge in [-0.1, -0.05) is 30.3 Å². The van der Waals surface area contributed by atoms with Crippen LogP contribution in [0.15, 0.2) is 54.9 Å². The highest BCUT2D eigenvalue weighted by Gasteiger charge is 2.33. The number of carbonyl (C=O) groups is 1. The molecule has 2 aliphatic heterocycles. The van der Waals surface area contributed by atoms with Crippen LogP contribution in [0.4, 0.5) is 5.82 Å². The van der Waals surface area contributed by atoms with Crippen molar-refractivity contribution in [2.45, 2.75) is 38.5 Å². The predicted molar refractivity (Wildman–Crippen MR) is 126 cm³/mol. The van der Waals surface area contributed by atoms with E-state index in [1.807, 2.05) is 30.6 Å². The number of carbonyl (C=O) groups excluding carboxylic acids is 1. The Morgan fingerprint density at radius 2 is 1.81 bits per heavy atom. The number of nitrogens with one attached hydrogen (secondary N) is 1. The quantitative estimate of drug-likeness (QED) is 0.668. The molecule has 0 spiro atoms. The maximum absolute atomic E-state index is 13.3. The molecule has 1 aromatic carbocycles. The van der Waals surface area contributed by atoms with Crippen molar-refractivity contribution < 1.29 is 4.79 Å². The first-order valence-electron chi connectivity index (χ1n) is 11.7. The van der Waals surface area contributed by atoms with Crippen LogP contribution in [-0.4, -0.2) is 52.2 Å². The van der Waals surface area contributed by atoms with Gasteiger partial charge in [0.2, 0.25) is 5.91 Å². The summed E-state index contributed by atoms with van der Waals surface area (Å²) in [6.07, 6.45) is 7.74. The average Bonchev–Trinajstić information content (AvgIpc) is 3.34. The smallest absolute Gasteiger partial charge is 0.227 e. The van der Waals surface area contributed by atoms with Crippen LogP contribution in [0.25, 0.3) is 11.1 Å². The van der Waals surface area contributed by atoms with Gasteiger partial charge in [-0.3, -0.25) is 9.89 Å². The standard InChI is InChI=1S/C26H31N5O/c1-19-7-2-3-9-22(19)23-17-28-29-25(23)20-11-15-30(16-12-20)26(32)21-8-6-14-31(18-21)24-10-4-5-13-27-24/h2-5,7,9-10,13,17,20-21H,6,8,11-12,14-16,18H2,1H3,(H,28,29). The van der Waals surface area contributed by atoms with Gasteiger partial charge in [0.1, 0.15) is 5.82 Å². The molecule has 0 radical (unpaired) electrons. The molecule has 2 saturated heterocycles. The van der Waals surface area contributed by atoms with Crippen molar-refractivity contribution in [1.82, 2.24) is 20.1 Å². The van der Waals surface area contributed by atoms with E-state index >= 15 is 0 Å². The second-order valence-corrected chi connectivity index (χ2v) is 9.08. The second-order valence-electron chi connectivity index (χ2n) is 9.08. The van der Waals surface area contributed by atoms with E-state index in [1.165, 1.54) is 22.4 Å². The highest BCUT2D eigenvalue weighted by Crippen LogP contribution is 2.35. The molecular formula is C26H31N5O. The van der Waals surface area contributed by atoms with Crippen LogP contribution in [0.5, 0.6) is 0 Å². The lowest BCUT2D eigenvalue weighted by atomic mass is 9.87. The molecule has 0 saturated carbocycles. The van der Waals surface area contributed by atoms with Crippen LogP contribution in [0.1, 0.15) is 42.9 Å². The minimum atomic E-state index is 0.0667. The average molecular weight is 430 g/mol. The summed E-state index contributed by atoms with van der Waals surface area (Å²) in [5, 5.41) is 7.63. The van der Waals surface area contributed by atoms with Crippen LogP contribution in [0, 0.1) is 12.8 Å². The number of anilines is 1. The van der Waals surface area contributed by atoms with E-state index in [0.29, 0.717) is 11.8 Å². The van der Waals surface area contributed by atoms with Gasteiger partial charge < -0.3 is 9.80 Å². The Morgan fingerprint density at radius 1 is 1.00 bits per heavy atom. The number of hydrogen-bond acceptors (Lipinski definition) is 4. The molecule has 5 rings (SSSR count). The van der Waals surface area contributed by atoms with Gasteiger partial charge in [-0.15, -0.1) is 0 Å². The molecule has 0 bridgehead atoms. The van der Waals surface area contributed by atoms with Crippen LogP contribution in [0.2, 0.25) is 0 Å². The van der Waals surface area contributed by atoms with Gasteiger partial charge in [0, 0.05) is 49.6 Å². The number of nitrogens with zero attached hydrogens (tertiary/aromatic N) is 4. The fourth-order valence-electron chi connectivity index (χ4n) is 5.27. The van der Waals surface area contributed by atoms with E-state index in [9.17, 15) is 4.79 Å². The van der Waals surface area contributed by atoms with Crippen molar-refractivity contribution >= 4 is 11.7 Å². The zero-order valence-corrected chi connectivity index (χ0v) is 18.7. The van der Waals surface area contributed by atoms with Gasteiger partial charge in [-0.05, 0) is 55.9 Å². The van der Waals surface area contributed by atoms with Gasteiger partial charge >= 0.3 is 0 Å². The predicted octanol–water partition coefficient (Wildman–Crippen LogP) is 4.40. The van der Waals surface area contributed by atoms with E-state index in [4.69, 9.17) is 0 Å². The molecule has 166 valence electrons. The lowest BCUT2D eigenvalue weighted by molar-refractivity contribution is -0.136. The number of pyridine rings is 1. The van der Waals surface area contributed by atoms with Crippen molar-refractivity contribution in [3.63, 3.8) is 0 Å². The minimum absolute atomic E-state index is 0.0667. The number of aromatic nitrogens is 3. The summed E-state index contributed by atoms with van der Waals surface area (Å²) in [7, 11) is 0. The molecule has 1 amide bonds. The number of piperidine rings is 2. The molecule has 2 fully saturated rings. The molecule has 6 nitrogen and oxygen atoms in total. The van der Waals surface area contributed by atoms with Crippen LogP contribution >= 0.6 is 0 Å². The van der Waals surface area contributed by atoms with E-state index in [0.717, 1.165) is 57.7 Å². The fraction of sp³-hybridized carbons (Fsp3) is 0.423. The molecule has 3 aromatic rings. The van der Waals surface area contributed by atoms with Gasteiger partial charge in [0.25, 0.3) is 0 Å². The Hall–Kier alpha value is -3.15. The highest BCUT2D eigenvalue weighted by molar-refractivity contribution is 5.80. The number of benzene rings is 1. The van der Waals surface area contributed by atoms with Gasteiger partial charge in [0.05, 0.1) is 12.1 Å². The summed E-state index contributed by atoms with van der Waals surface area (Å²) in [5.41, 5.74) is 4.92. The molecular weight excluding hydrogens is 398 g/mol. The molecule has 2 aromatic heterocycles. The van der Waals surface area contributed by atoms with Crippen molar-refractivity contribution in [2.24, 2.45) is 5.92 Å². The van der Waals surface area contributed by atoms with E-state index in [-0.39, 0.29) is 5.92 Å². The summed E-state index contributed by atoms with van der Waals surface area (Å²) >= 11 is 0. The van der Waals surface area contributed by atoms with E-state index in [1.54, 1.807) is 0 Å². The third kappa shape index (κ3) is 4.14. The van der Waals surface area contributed by atoms with Crippen LogP contribution < -0.4 is 4.90 Å². The first kappa shape index (κ1) is 20.7. The zero-order chi connectivity index (χ0) is 21.9. The maximum atomic E-state index is 13.3. The fourth-order valence-corrected chi connectivity index (χ4v) is 5.27. The molecule has 32 heavy (non-hydrogen) atoms. The lowest BCUT2D eigenvalue weighted by Gasteiger charge is -2.38. The summed E-state index contributed by atoms with van der Waals surface area (Å²) in [5.74, 6) is 1.77. The number of hydrogen-bond donors (Lipinski definition) is 1. The number of aryl methyl sites for hydroxylation is 1. The van der Waals surface area contributed by atoms with Crippen LogP contribution in [0.3, 0.4) is 0 Å². The van der Waals surface area contributed by atoms with Gasteiger partial charge in [-0.2, -0.15) is 5.10 Å². The van der Waals surface area contributed by atoms with Crippen molar-refractivity contribution in [3.05, 3.63) is 66.1 Å². The Labute approximate surface area is 189 Å². The third-order valence-electron chi connectivity index (χ3n) is 7.06. The number of H-pyrrole nitrogens is 1. The van der Waals surface area contributed by atoms with Crippen molar-refractivity contribution in [1.29, 1.82) is 0 Å². The third-order valence-corrected chi connectivity index (χ3v) is 7.06. The first-order chi connectivity index (χ1) is 15.7. The number of amides is 1. The van der Waals surface area contributed by atoms with Crippen LogP contribution in [-0.2, 0) is 4.79 Å². The van der Waals surface area contributed by atoms with Crippen molar-refractivity contribution in [2.75, 3.05) is 31.1 Å². The first-order valence-corrected chi connectivity index (χ1v) is 11.7. The normalized spacial score (nSPS) is 19.8. The topological polar surface area (TPSA) is 65.1 Å². The van der Waals surface area contributed by atoms with Crippen molar-refractivity contribution in [3.8, 4) is 11.1 Å². The van der Waals surface area contributed by atoms with E-state index < -0.39 is 0 Å². The Kier molecular flexibility index (Phi) is 5.93. The maximum Gasteiger partial charge on any atom is 0.227 e. The van der Waals surface area contributed by atoms with Gasteiger partial charge in [-0.25, -0.2) is 4.98 Å².